The van der Waals surface area contributed by atoms with Gasteiger partial charge in [0.2, 0.25) is 0 Å². The van der Waals surface area contributed by atoms with Crippen LogP contribution in [-0.4, -0.2) is 31.4 Å². The molecule has 1 aliphatic rings. The van der Waals surface area contributed by atoms with Crippen molar-refractivity contribution in [1.29, 1.82) is 0 Å². The van der Waals surface area contributed by atoms with Gasteiger partial charge in [-0.25, -0.2) is 14.4 Å². The van der Waals surface area contributed by atoms with E-state index in [0.29, 0.717) is 11.5 Å². The number of likely N-dealkylation sites (tertiary alicyclic amines) is 1. The summed E-state index contributed by atoms with van der Waals surface area (Å²) in [5.74, 6) is 1.11. The number of nitrogens with one attached hydrogen (secondary N) is 1. The molecule has 0 bridgehead atoms. The fourth-order valence-corrected chi connectivity index (χ4v) is 4.25. The number of nitrogens with zero attached hydrogens (tertiary/aromatic N) is 5. The summed E-state index contributed by atoms with van der Waals surface area (Å²) in [5, 5.41) is 3.26. The van der Waals surface area contributed by atoms with Gasteiger partial charge in [0.25, 0.3) is 0 Å². The van der Waals surface area contributed by atoms with Crippen LogP contribution in [0.15, 0.2) is 79.4 Å². The molecule has 7 heteroatoms. The number of rotatable bonds is 6. The zero-order chi connectivity index (χ0) is 22.5. The lowest BCUT2D eigenvalue weighted by molar-refractivity contribution is 0.134. The molecule has 5 rings (SSSR count). The zero-order valence-corrected chi connectivity index (χ0v) is 18.2. The lowest BCUT2D eigenvalue weighted by Gasteiger charge is -2.35. The number of anilines is 2. The maximum Gasteiger partial charge on any atom is 0.148 e. The summed E-state index contributed by atoms with van der Waals surface area (Å²) in [6.07, 6.45) is 10.5. The molecule has 1 N–H and O–H groups in total. The summed E-state index contributed by atoms with van der Waals surface area (Å²) in [5.41, 5.74) is 3.58. The van der Waals surface area contributed by atoms with Gasteiger partial charge in [0, 0.05) is 48.6 Å². The Labute approximate surface area is 192 Å². The third kappa shape index (κ3) is 5.21. The first-order chi connectivity index (χ1) is 16.2. The Morgan fingerprint density at radius 1 is 0.939 bits per heavy atom. The van der Waals surface area contributed by atoms with Crippen molar-refractivity contribution >= 4 is 11.5 Å². The van der Waals surface area contributed by atoms with E-state index in [1.54, 1.807) is 18.5 Å². The molecule has 166 valence electrons. The summed E-state index contributed by atoms with van der Waals surface area (Å²) in [6, 6.07) is 16.4. The van der Waals surface area contributed by atoms with Gasteiger partial charge in [-0.3, -0.25) is 14.9 Å². The maximum atomic E-state index is 13.8. The van der Waals surface area contributed by atoms with E-state index in [-0.39, 0.29) is 11.9 Å². The summed E-state index contributed by atoms with van der Waals surface area (Å²) < 4.78 is 13.8. The SMILES string of the molecule is Fc1cccc(Nc2cc(-c3cccnc3)nc([C@@H]3CCCCN3Cc3ccncc3)n2)c1. The molecular formula is C26H25FN6. The van der Waals surface area contributed by atoms with Crippen molar-refractivity contribution in [3.05, 3.63) is 96.6 Å². The Morgan fingerprint density at radius 3 is 2.67 bits per heavy atom. The van der Waals surface area contributed by atoms with E-state index < -0.39 is 0 Å². The van der Waals surface area contributed by atoms with Crippen molar-refractivity contribution in [2.75, 3.05) is 11.9 Å². The number of piperidine rings is 1. The highest BCUT2D eigenvalue weighted by Gasteiger charge is 2.27. The van der Waals surface area contributed by atoms with Gasteiger partial charge >= 0.3 is 0 Å². The van der Waals surface area contributed by atoms with Crippen LogP contribution in [0.2, 0.25) is 0 Å². The smallest absolute Gasteiger partial charge is 0.148 e. The predicted molar refractivity (Wildman–Crippen MR) is 126 cm³/mol. The maximum absolute atomic E-state index is 13.8. The van der Waals surface area contributed by atoms with Gasteiger partial charge in [-0.2, -0.15) is 0 Å². The van der Waals surface area contributed by atoms with Crippen molar-refractivity contribution in [2.24, 2.45) is 0 Å². The van der Waals surface area contributed by atoms with Crippen molar-refractivity contribution in [2.45, 2.75) is 31.8 Å². The topological polar surface area (TPSA) is 66.8 Å². The molecule has 33 heavy (non-hydrogen) atoms. The minimum Gasteiger partial charge on any atom is -0.340 e. The molecular weight excluding hydrogens is 415 g/mol. The average molecular weight is 441 g/mol. The minimum absolute atomic E-state index is 0.0941. The van der Waals surface area contributed by atoms with E-state index in [9.17, 15) is 4.39 Å². The molecule has 0 spiro atoms. The lowest BCUT2D eigenvalue weighted by atomic mass is 10.00. The summed E-state index contributed by atoms with van der Waals surface area (Å²) in [6.45, 7) is 1.81. The first kappa shape index (κ1) is 21.2. The Balaban J connectivity index is 1.51. The monoisotopic (exact) mass is 440 g/mol. The van der Waals surface area contributed by atoms with E-state index in [1.165, 1.54) is 17.7 Å². The van der Waals surface area contributed by atoms with Gasteiger partial charge in [-0.15, -0.1) is 0 Å². The van der Waals surface area contributed by atoms with Crippen LogP contribution < -0.4 is 5.32 Å². The highest BCUT2D eigenvalue weighted by atomic mass is 19.1. The molecule has 1 aliphatic heterocycles. The first-order valence-corrected chi connectivity index (χ1v) is 11.2. The van der Waals surface area contributed by atoms with E-state index >= 15 is 0 Å². The van der Waals surface area contributed by atoms with Gasteiger partial charge in [0.15, 0.2) is 0 Å². The second kappa shape index (κ2) is 9.83. The van der Waals surface area contributed by atoms with Crippen LogP contribution in [0.5, 0.6) is 0 Å². The molecule has 3 aromatic heterocycles. The largest absolute Gasteiger partial charge is 0.340 e. The average Bonchev–Trinajstić information content (AvgIpc) is 2.85. The summed E-state index contributed by atoms with van der Waals surface area (Å²) >= 11 is 0. The van der Waals surface area contributed by atoms with Crippen LogP contribution in [0.25, 0.3) is 11.3 Å². The number of hydrogen-bond donors (Lipinski definition) is 1. The Morgan fingerprint density at radius 2 is 1.85 bits per heavy atom. The molecule has 1 saturated heterocycles. The molecule has 0 radical (unpaired) electrons. The zero-order valence-electron chi connectivity index (χ0n) is 18.2. The second-order valence-electron chi connectivity index (χ2n) is 8.21. The molecule has 1 atom stereocenters. The Hall–Kier alpha value is -3.71. The summed E-state index contributed by atoms with van der Waals surface area (Å²) in [7, 11) is 0. The lowest BCUT2D eigenvalue weighted by Crippen LogP contribution is -2.34. The third-order valence-electron chi connectivity index (χ3n) is 5.84. The van der Waals surface area contributed by atoms with Crippen LogP contribution in [0.3, 0.4) is 0 Å². The van der Waals surface area contributed by atoms with Crippen molar-refractivity contribution in [3.8, 4) is 11.3 Å². The van der Waals surface area contributed by atoms with E-state index in [1.807, 2.05) is 36.7 Å². The van der Waals surface area contributed by atoms with Gasteiger partial charge in [-0.05, 0) is 67.4 Å². The molecule has 4 aromatic rings. The predicted octanol–water partition coefficient (Wildman–Crippen LogP) is 5.54. The molecule has 0 saturated carbocycles. The van der Waals surface area contributed by atoms with Crippen molar-refractivity contribution < 1.29 is 4.39 Å². The van der Waals surface area contributed by atoms with Crippen LogP contribution >= 0.6 is 0 Å². The number of hydrogen-bond acceptors (Lipinski definition) is 6. The van der Waals surface area contributed by atoms with Gasteiger partial charge < -0.3 is 5.32 Å². The van der Waals surface area contributed by atoms with E-state index in [4.69, 9.17) is 9.97 Å². The quantitative estimate of drug-likeness (QED) is 0.424. The van der Waals surface area contributed by atoms with Crippen LogP contribution in [-0.2, 0) is 6.54 Å². The first-order valence-electron chi connectivity index (χ1n) is 11.2. The standard InChI is InChI=1S/C26H25FN6/c27-21-6-3-7-22(15-21)30-25-16-23(20-5-4-11-29-17-20)31-26(32-25)24-8-1-2-14-33(24)18-19-9-12-28-13-10-19/h3-7,9-13,15-17,24H,1-2,8,14,18H2,(H,30,31,32)/t24-/m0/s1. The Bertz CT molecular complexity index is 1200. The van der Waals surface area contributed by atoms with Crippen LogP contribution in [0.1, 0.15) is 36.7 Å². The number of halogens is 1. The second-order valence-corrected chi connectivity index (χ2v) is 8.21. The number of aromatic nitrogens is 4. The summed E-state index contributed by atoms with van der Waals surface area (Å²) in [4.78, 5) is 20.7. The Kier molecular flexibility index (Phi) is 6.30. The molecule has 1 aromatic carbocycles. The van der Waals surface area contributed by atoms with Crippen molar-refractivity contribution in [3.63, 3.8) is 0 Å². The van der Waals surface area contributed by atoms with E-state index in [0.717, 1.165) is 49.4 Å². The van der Waals surface area contributed by atoms with Crippen LogP contribution in [0, 0.1) is 5.82 Å². The van der Waals surface area contributed by atoms with Gasteiger partial charge in [-0.1, -0.05) is 12.5 Å². The third-order valence-corrected chi connectivity index (χ3v) is 5.84. The molecule has 1 fully saturated rings. The molecule has 0 aliphatic carbocycles. The molecule has 4 heterocycles. The minimum atomic E-state index is -0.294. The molecule has 0 amide bonds. The number of benzene rings is 1. The molecule has 0 unspecified atom stereocenters. The van der Waals surface area contributed by atoms with E-state index in [2.05, 4.69) is 32.3 Å². The van der Waals surface area contributed by atoms with Gasteiger partial charge in [0.05, 0.1) is 11.7 Å². The highest BCUT2D eigenvalue weighted by Crippen LogP contribution is 2.33. The normalized spacial score (nSPS) is 16.5. The fraction of sp³-hybridized carbons (Fsp3) is 0.231. The highest BCUT2D eigenvalue weighted by molar-refractivity contribution is 5.65. The van der Waals surface area contributed by atoms with Crippen LogP contribution in [0.4, 0.5) is 15.9 Å². The van der Waals surface area contributed by atoms with Crippen molar-refractivity contribution in [1.82, 2.24) is 24.8 Å². The van der Waals surface area contributed by atoms with Gasteiger partial charge in [0.1, 0.15) is 17.5 Å². The fourth-order valence-electron chi connectivity index (χ4n) is 4.25. The number of pyridine rings is 2. The molecule has 6 nitrogen and oxygen atoms in total.